The molecule has 8 nitrogen and oxygen atoms in total. The minimum absolute atomic E-state index is 0.0299. The maximum absolute atomic E-state index is 13.1. The van der Waals surface area contributed by atoms with Crippen molar-refractivity contribution in [2.24, 2.45) is 0 Å². The van der Waals surface area contributed by atoms with Crippen molar-refractivity contribution >= 4 is 27.4 Å². The number of hydrogen-bond acceptors (Lipinski definition) is 6. The second kappa shape index (κ2) is 9.69. The fourth-order valence-electron chi connectivity index (χ4n) is 2.99. The van der Waals surface area contributed by atoms with Crippen LogP contribution in [0.15, 0.2) is 71.8 Å². The lowest BCUT2D eigenvalue weighted by Crippen LogP contribution is -2.27. The first-order valence-electron chi connectivity index (χ1n) is 9.86. The van der Waals surface area contributed by atoms with Crippen LogP contribution >= 0.6 is 0 Å². The Morgan fingerprint density at radius 3 is 2.41 bits per heavy atom. The van der Waals surface area contributed by atoms with Gasteiger partial charge in [-0.2, -0.15) is 0 Å². The summed E-state index contributed by atoms with van der Waals surface area (Å²) in [6.45, 7) is 0.297. The number of ether oxygens (including phenoxy) is 1. The molecule has 0 bridgehead atoms. The number of sulfonamides is 1. The number of aromatic nitrogens is 1. The Balaban J connectivity index is 1.76. The van der Waals surface area contributed by atoms with Crippen molar-refractivity contribution < 1.29 is 17.9 Å². The standard InChI is InChI=1S/C23H26N4O4S/c1-26(2)22-14-17(12-13-24-22)16-25-23(28)18-6-5-7-21(15-18)32(29,30)27(3)19-8-10-20(31-4)11-9-19/h5-15H,16H2,1-4H3,(H,25,28). The highest BCUT2D eigenvalue weighted by molar-refractivity contribution is 7.92. The first-order valence-corrected chi connectivity index (χ1v) is 11.3. The van der Waals surface area contributed by atoms with Gasteiger partial charge in [-0.25, -0.2) is 13.4 Å². The second-order valence-electron chi connectivity index (χ2n) is 7.30. The van der Waals surface area contributed by atoms with Crippen LogP contribution in [-0.4, -0.2) is 47.6 Å². The zero-order valence-corrected chi connectivity index (χ0v) is 19.3. The van der Waals surface area contributed by atoms with E-state index < -0.39 is 10.0 Å². The SMILES string of the molecule is COc1ccc(N(C)S(=O)(=O)c2cccc(C(=O)NCc3ccnc(N(C)C)c3)c2)cc1. The molecule has 1 N–H and O–H groups in total. The average Bonchev–Trinajstić information content (AvgIpc) is 2.82. The first-order chi connectivity index (χ1) is 15.2. The molecule has 0 fully saturated rings. The van der Waals surface area contributed by atoms with Crippen molar-refractivity contribution in [3.63, 3.8) is 0 Å². The van der Waals surface area contributed by atoms with Crippen LogP contribution in [0, 0.1) is 0 Å². The van der Waals surface area contributed by atoms with Crippen molar-refractivity contribution in [2.45, 2.75) is 11.4 Å². The number of nitrogens with zero attached hydrogens (tertiary/aromatic N) is 3. The largest absolute Gasteiger partial charge is 0.497 e. The zero-order chi connectivity index (χ0) is 23.3. The van der Waals surface area contributed by atoms with Gasteiger partial charge in [-0.1, -0.05) is 6.07 Å². The predicted octanol–water partition coefficient (Wildman–Crippen LogP) is 2.91. The Bertz CT molecular complexity index is 1190. The van der Waals surface area contributed by atoms with E-state index in [1.54, 1.807) is 49.7 Å². The Morgan fingerprint density at radius 2 is 1.75 bits per heavy atom. The van der Waals surface area contributed by atoms with E-state index >= 15 is 0 Å². The van der Waals surface area contributed by atoms with Crippen LogP contribution < -0.4 is 19.3 Å². The summed E-state index contributed by atoms with van der Waals surface area (Å²) in [5.41, 5.74) is 1.63. The molecule has 0 spiro atoms. The van der Waals surface area contributed by atoms with Crippen LogP contribution in [0.1, 0.15) is 15.9 Å². The molecule has 0 radical (unpaired) electrons. The van der Waals surface area contributed by atoms with Crippen molar-refractivity contribution in [3.05, 3.63) is 78.0 Å². The van der Waals surface area contributed by atoms with Crippen LogP contribution in [0.4, 0.5) is 11.5 Å². The Kier molecular flexibility index (Phi) is 6.99. The topological polar surface area (TPSA) is 91.8 Å². The highest BCUT2D eigenvalue weighted by atomic mass is 32.2. The Labute approximate surface area is 188 Å². The van der Waals surface area contributed by atoms with Crippen LogP contribution in [0.25, 0.3) is 0 Å². The normalized spacial score (nSPS) is 11.0. The van der Waals surface area contributed by atoms with Gasteiger partial charge in [0, 0.05) is 39.4 Å². The number of pyridine rings is 1. The molecule has 0 atom stereocenters. The van der Waals surface area contributed by atoms with Crippen LogP contribution in [0.2, 0.25) is 0 Å². The minimum Gasteiger partial charge on any atom is -0.497 e. The van der Waals surface area contributed by atoms with E-state index in [0.29, 0.717) is 18.0 Å². The van der Waals surface area contributed by atoms with Gasteiger partial charge in [0.15, 0.2) is 0 Å². The molecular formula is C23H26N4O4S. The fraction of sp³-hybridized carbons (Fsp3) is 0.217. The molecule has 1 amide bonds. The summed E-state index contributed by atoms with van der Waals surface area (Å²) in [5, 5.41) is 2.83. The van der Waals surface area contributed by atoms with Crippen molar-refractivity contribution in [1.82, 2.24) is 10.3 Å². The summed E-state index contributed by atoms with van der Waals surface area (Å²) in [7, 11) is 2.94. The Morgan fingerprint density at radius 1 is 1.03 bits per heavy atom. The molecule has 0 unspecified atom stereocenters. The summed E-state index contributed by atoms with van der Waals surface area (Å²) in [4.78, 5) is 18.8. The number of hydrogen-bond donors (Lipinski definition) is 1. The van der Waals surface area contributed by atoms with Gasteiger partial charge in [0.1, 0.15) is 11.6 Å². The molecule has 0 aliphatic carbocycles. The van der Waals surface area contributed by atoms with E-state index in [0.717, 1.165) is 11.4 Å². The van der Waals surface area contributed by atoms with Gasteiger partial charge in [0.05, 0.1) is 17.7 Å². The Hall–Kier alpha value is -3.59. The molecule has 9 heteroatoms. The maximum atomic E-state index is 13.1. The summed E-state index contributed by atoms with van der Waals surface area (Å²) < 4.78 is 32.5. The average molecular weight is 455 g/mol. The van der Waals surface area contributed by atoms with Crippen molar-refractivity contribution in [1.29, 1.82) is 0 Å². The number of benzene rings is 2. The molecule has 168 valence electrons. The van der Waals surface area contributed by atoms with Crippen molar-refractivity contribution in [3.8, 4) is 5.75 Å². The summed E-state index contributed by atoms with van der Waals surface area (Å²) >= 11 is 0. The highest BCUT2D eigenvalue weighted by Crippen LogP contribution is 2.24. The molecule has 3 rings (SSSR count). The molecule has 32 heavy (non-hydrogen) atoms. The number of methoxy groups -OCH3 is 1. The van der Waals surface area contributed by atoms with E-state index in [4.69, 9.17) is 4.74 Å². The van der Waals surface area contributed by atoms with Gasteiger partial charge in [-0.15, -0.1) is 0 Å². The molecule has 0 aliphatic heterocycles. The minimum atomic E-state index is -3.85. The molecule has 0 aliphatic rings. The van der Waals surface area contributed by atoms with Crippen LogP contribution in [0.3, 0.4) is 0 Å². The smallest absolute Gasteiger partial charge is 0.264 e. The molecule has 1 heterocycles. The number of rotatable bonds is 8. The van der Waals surface area contributed by atoms with E-state index in [9.17, 15) is 13.2 Å². The third kappa shape index (κ3) is 5.17. The third-order valence-electron chi connectivity index (χ3n) is 4.91. The van der Waals surface area contributed by atoms with Gasteiger partial charge in [-0.05, 0) is 60.2 Å². The monoisotopic (exact) mass is 454 g/mol. The lowest BCUT2D eigenvalue weighted by atomic mass is 10.2. The van der Waals surface area contributed by atoms with Gasteiger partial charge in [-0.3, -0.25) is 9.10 Å². The highest BCUT2D eigenvalue weighted by Gasteiger charge is 2.22. The summed E-state index contributed by atoms with van der Waals surface area (Å²) in [6, 6.07) is 16.4. The molecule has 0 saturated heterocycles. The first kappa shape index (κ1) is 23.1. The van der Waals surface area contributed by atoms with Crippen LogP contribution in [-0.2, 0) is 16.6 Å². The molecule has 3 aromatic rings. The molecular weight excluding hydrogens is 428 g/mol. The third-order valence-corrected chi connectivity index (χ3v) is 6.69. The fourth-order valence-corrected chi connectivity index (χ4v) is 4.23. The van der Waals surface area contributed by atoms with E-state index in [2.05, 4.69) is 10.3 Å². The lowest BCUT2D eigenvalue weighted by Gasteiger charge is -2.20. The number of carbonyl (C=O) groups excluding carboxylic acids is 1. The predicted molar refractivity (Wildman–Crippen MR) is 125 cm³/mol. The number of nitrogens with one attached hydrogen (secondary N) is 1. The van der Waals surface area contributed by atoms with E-state index in [1.165, 1.54) is 23.5 Å². The van der Waals surface area contributed by atoms with Gasteiger partial charge >= 0.3 is 0 Å². The number of amides is 1. The lowest BCUT2D eigenvalue weighted by molar-refractivity contribution is 0.0950. The molecule has 0 saturated carbocycles. The van der Waals surface area contributed by atoms with E-state index in [-0.39, 0.29) is 16.4 Å². The maximum Gasteiger partial charge on any atom is 0.264 e. The quantitative estimate of drug-likeness (QED) is 0.563. The summed E-state index contributed by atoms with van der Waals surface area (Å²) in [5.74, 6) is 1.05. The molecule has 2 aromatic carbocycles. The van der Waals surface area contributed by atoms with Gasteiger partial charge < -0.3 is 15.0 Å². The number of anilines is 2. The molecule has 1 aromatic heterocycles. The van der Waals surface area contributed by atoms with Crippen LogP contribution in [0.5, 0.6) is 5.75 Å². The van der Waals surface area contributed by atoms with Gasteiger partial charge in [0.25, 0.3) is 15.9 Å². The van der Waals surface area contributed by atoms with Crippen molar-refractivity contribution in [2.75, 3.05) is 37.5 Å². The second-order valence-corrected chi connectivity index (χ2v) is 9.27. The van der Waals surface area contributed by atoms with Gasteiger partial charge in [0.2, 0.25) is 0 Å². The summed E-state index contributed by atoms with van der Waals surface area (Å²) in [6.07, 6.45) is 1.68. The zero-order valence-electron chi connectivity index (χ0n) is 18.4. The number of carbonyl (C=O) groups is 1. The van der Waals surface area contributed by atoms with E-state index in [1.807, 2.05) is 31.1 Å².